The lowest BCUT2D eigenvalue weighted by Crippen LogP contribution is -2.51. The molecule has 1 saturated heterocycles. The number of carbonyl (C=O) groups is 1. The minimum Gasteiger partial charge on any atom is -0.297 e. The molecule has 0 N–H and O–H groups in total. The Morgan fingerprint density at radius 3 is 2.35 bits per heavy atom. The van der Waals surface area contributed by atoms with Crippen LogP contribution in [0.4, 0.5) is 0 Å². The fraction of sp³-hybridized carbons (Fsp3) is 0.588. The van der Waals surface area contributed by atoms with Crippen LogP contribution in [0.2, 0.25) is 0 Å². The molecular formula is C17H24BrNO. The first-order chi connectivity index (χ1) is 9.51. The average Bonchev–Trinajstić information content (AvgIpc) is 2.70. The Hall–Kier alpha value is -0.670. The molecule has 110 valence electrons. The second kappa shape index (κ2) is 6.86. The summed E-state index contributed by atoms with van der Waals surface area (Å²) in [6.07, 6.45) is 5.53. The van der Waals surface area contributed by atoms with Crippen LogP contribution in [-0.4, -0.2) is 29.3 Å². The number of likely N-dealkylation sites (tertiary alicyclic amines) is 1. The Bertz CT molecular complexity index is 462. The molecule has 0 aliphatic carbocycles. The second-order valence-electron chi connectivity index (χ2n) is 6.15. The first-order valence-electron chi connectivity index (χ1n) is 7.53. The number of carbonyl (C=O) groups excluding carboxylic acids is 1. The summed E-state index contributed by atoms with van der Waals surface area (Å²) in [5.74, 6) is 0.311. The van der Waals surface area contributed by atoms with Crippen molar-refractivity contribution in [2.75, 3.05) is 13.1 Å². The normalized spacial score (nSPS) is 17.8. The SMILES string of the molecule is CC(C)(C(=O)Cc1ccccc1Br)N1CCCCCC1. The highest BCUT2D eigenvalue weighted by Crippen LogP contribution is 2.24. The van der Waals surface area contributed by atoms with Crippen LogP contribution in [0, 0.1) is 0 Å². The fourth-order valence-electron chi connectivity index (χ4n) is 2.84. The molecule has 0 unspecified atom stereocenters. The highest BCUT2D eigenvalue weighted by molar-refractivity contribution is 9.10. The third-order valence-corrected chi connectivity index (χ3v) is 5.16. The molecular weight excluding hydrogens is 314 g/mol. The van der Waals surface area contributed by atoms with Crippen molar-refractivity contribution in [2.45, 2.75) is 51.5 Å². The van der Waals surface area contributed by atoms with Gasteiger partial charge in [-0.05, 0) is 51.4 Å². The predicted octanol–water partition coefficient (Wildman–Crippen LogP) is 4.22. The molecule has 0 atom stereocenters. The highest BCUT2D eigenvalue weighted by atomic mass is 79.9. The van der Waals surface area contributed by atoms with Crippen LogP contribution in [0.5, 0.6) is 0 Å². The maximum Gasteiger partial charge on any atom is 0.156 e. The summed E-state index contributed by atoms with van der Waals surface area (Å²) < 4.78 is 1.03. The van der Waals surface area contributed by atoms with E-state index in [1.54, 1.807) is 0 Å². The molecule has 2 rings (SSSR count). The molecule has 1 fully saturated rings. The Morgan fingerprint density at radius 2 is 1.75 bits per heavy atom. The van der Waals surface area contributed by atoms with Gasteiger partial charge in [0.05, 0.1) is 5.54 Å². The number of Topliss-reactive ketones (excluding diaryl/α,β-unsaturated/α-hetero) is 1. The summed E-state index contributed by atoms with van der Waals surface area (Å²) >= 11 is 3.53. The molecule has 2 nitrogen and oxygen atoms in total. The van der Waals surface area contributed by atoms with Crippen molar-refractivity contribution in [3.63, 3.8) is 0 Å². The summed E-state index contributed by atoms with van der Waals surface area (Å²) in [6, 6.07) is 8.01. The van der Waals surface area contributed by atoms with Gasteiger partial charge in [0.1, 0.15) is 0 Å². The van der Waals surface area contributed by atoms with Gasteiger partial charge in [0, 0.05) is 10.9 Å². The van der Waals surface area contributed by atoms with Crippen molar-refractivity contribution in [1.29, 1.82) is 0 Å². The molecule has 0 bridgehead atoms. The van der Waals surface area contributed by atoms with E-state index in [9.17, 15) is 4.79 Å². The van der Waals surface area contributed by atoms with Crippen LogP contribution in [0.3, 0.4) is 0 Å². The van der Waals surface area contributed by atoms with E-state index in [0.717, 1.165) is 23.1 Å². The van der Waals surface area contributed by atoms with Crippen molar-refractivity contribution >= 4 is 21.7 Å². The van der Waals surface area contributed by atoms with Crippen LogP contribution in [0.1, 0.15) is 45.1 Å². The first kappa shape index (κ1) is 15.7. The topological polar surface area (TPSA) is 20.3 Å². The fourth-order valence-corrected chi connectivity index (χ4v) is 3.26. The van der Waals surface area contributed by atoms with Gasteiger partial charge in [-0.1, -0.05) is 47.0 Å². The number of hydrogen-bond donors (Lipinski definition) is 0. The molecule has 1 heterocycles. The summed E-state index contributed by atoms with van der Waals surface area (Å²) in [6.45, 7) is 6.26. The lowest BCUT2D eigenvalue weighted by molar-refractivity contribution is -0.128. The zero-order valence-electron chi connectivity index (χ0n) is 12.5. The van der Waals surface area contributed by atoms with E-state index in [1.807, 2.05) is 24.3 Å². The van der Waals surface area contributed by atoms with E-state index in [1.165, 1.54) is 25.7 Å². The van der Waals surface area contributed by atoms with Crippen molar-refractivity contribution < 1.29 is 4.79 Å². The minimum atomic E-state index is -0.361. The largest absolute Gasteiger partial charge is 0.297 e. The van der Waals surface area contributed by atoms with E-state index in [-0.39, 0.29) is 5.54 Å². The van der Waals surface area contributed by atoms with Crippen molar-refractivity contribution in [1.82, 2.24) is 4.90 Å². The van der Waals surface area contributed by atoms with Crippen molar-refractivity contribution in [3.8, 4) is 0 Å². The predicted molar refractivity (Wildman–Crippen MR) is 87.0 cm³/mol. The second-order valence-corrected chi connectivity index (χ2v) is 7.01. The van der Waals surface area contributed by atoms with Gasteiger partial charge in [-0.15, -0.1) is 0 Å². The number of ketones is 1. The minimum absolute atomic E-state index is 0.311. The molecule has 0 aromatic heterocycles. The summed E-state index contributed by atoms with van der Waals surface area (Å²) in [7, 11) is 0. The lowest BCUT2D eigenvalue weighted by Gasteiger charge is -2.36. The van der Waals surface area contributed by atoms with Crippen molar-refractivity contribution in [2.24, 2.45) is 0 Å². The van der Waals surface area contributed by atoms with Gasteiger partial charge in [-0.2, -0.15) is 0 Å². The molecule has 1 aromatic carbocycles. The quantitative estimate of drug-likeness (QED) is 0.819. The van der Waals surface area contributed by atoms with Gasteiger partial charge in [0.15, 0.2) is 5.78 Å². The summed E-state index contributed by atoms with van der Waals surface area (Å²) in [5, 5.41) is 0. The van der Waals surface area contributed by atoms with E-state index < -0.39 is 0 Å². The van der Waals surface area contributed by atoms with E-state index in [0.29, 0.717) is 12.2 Å². The van der Waals surface area contributed by atoms with Gasteiger partial charge in [0.2, 0.25) is 0 Å². The molecule has 3 heteroatoms. The van der Waals surface area contributed by atoms with E-state index in [4.69, 9.17) is 0 Å². The standard InChI is InChI=1S/C17H24BrNO/c1-17(2,19-11-7-3-4-8-12-19)16(20)13-14-9-5-6-10-15(14)18/h5-6,9-10H,3-4,7-8,11-13H2,1-2H3. The highest BCUT2D eigenvalue weighted by Gasteiger charge is 2.34. The summed E-state index contributed by atoms with van der Waals surface area (Å²) in [5.41, 5.74) is 0.722. The number of hydrogen-bond acceptors (Lipinski definition) is 2. The zero-order valence-corrected chi connectivity index (χ0v) is 14.1. The Kier molecular flexibility index (Phi) is 5.39. The number of benzene rings is 1. The Balaban J connectivity index is 2.08. The summed E-state index contributed by atoms with van der Waals surface area (Å²) in [4.78, 5) is 15.1. The average molecular weight is 338 g/mol. The van der Waals surface area contributed by atoms with E-state index in [2.05, 4.69) is 34.7 Å². The third-order valence-electron chi connectivity index (χ3n) is 4.39. The number of halogens is 1. The van der Waals surface area contributed by atoms with Crippen LogP contribution in [0.15, 0.2) is 28.7 Å². The monoisotopic (exact) mass is 337 g/mol. The first-order valence-corrected chi connectivity index (χ1v) is 8.33. The maximum absolute atomic E-state index is 12.7. The van der Waals surface area contributed by atoms with Crippen LogP contribution in [0.25, 0.3) is 0 Å². The molecule has 1 aromatic rings. The Labute approximate surface area is 130 Å². The van der Waals surface area contributed by atoms with Gasteiger partial charge >= 0.3 is 0 Å². The Morgan fingerprint density at radius 1 is 1.15 bits per heavy atom. The lowest BCUT2D eigenvalue weighted by atomic mass is 9.91. The molecule has 0 spiro atoms. The maximum atomic E-state index is 12.7. The number of rotatable bonds is 4. The zero-order chi connectivity index (χ0) is 14.6. The van der Waals surface area contributed by atoms with Crippen molar-refractivity contribution in [3.05, 3.63) is 34.3 Å². The molecule has 0 amide bonds. The molecule has 0 saturated carbocycles. The van der Waals surface area contributed by atoms with Gasteiger partial charge < -0.3 is 0 Å². The van der Waals surface area contributed by atoms with Gasteiger partial charge in [0.25, 0.3) is 0 Å². The van der Waals surface area contributed by atoms with Gasteiger partial charge in [-0.3, -0.25) is 9.69 Å². The smallest absolute Gasteiger partial charge is 0.156 e. The van der Waals surface area contributed by atoms with Gasteiger partial charge in [-0.25, -0.2) is 0 Å². The number of nitrogens with zero attached hydrogens (tertiary/aromatic N) is 1. The molecule has 1 aliphatic rings. The van der Waals surface area contributed by atoms with E-state index >= 15 is 0 Å². The molecule has 20 heavy (non-hydrogen) atoms. The molecule has 1 aliphatic heterocycles. The van der Waals surface area contributed by atoms with Crippen LogP contribution in [-0.2, 0) is 11.2 Å². The molecule has 0 radical (unpaired) electrons. The third kappa shape index (κ3) is 3.70. The van der Waals surface area contributed by atoms with Crippen LogP contribution < -0.4 is 0 Å². The van der Waals surface area contributed by atoms with Crippen LogP contribution >= 0.6 is 15.9 Å².